The van der Waals surface area contributed by atoms with E-state index >= 15 is 0 Å². The predicted octanol–water partition coefficient (Wildman–Crippen LogP) is 4.82. The summed E-state index contributed by atoms with van der Waals surface area (Å²) in [7, 11) is 0. The van der Waals surface area contributed by atoms with Crippen LogP contribution in [0, 0.1) is 6.92 Å². The highest BCUT2D eigenvalue weighted by Crippen LogP contribution is 2.33. The summed E-state index contributed by atoms with van der Waals surface area (Å²) < 4.78 is 6.33. The van der Waals surface area contributed by atoms with Gasteiger partial charge in [-0.05, 0) is 56.0 Å². The fourth-order valence-corrected chi connectivity index (χ4v) is 4.35. The van der Waals surface area contributed by atoms with Gasteiger partial charge in [-0.25, -0.2) is 4.98 Å². The van der Waals surface area contributed by atoms with Crippen molar-refractivity contribution in [3.63, 3.8) is 0 Å². The monoisotopic (exact) mass is 371 g/mol. The predicted molar refractivity (Wildman–Crippen MR) is 89.6 cm³/mol. The van der Waals surface area contributed by atoms with Crippen molar-refractivity contribution >= 4 is 39.2 Å². The fourth-order valence-electron chi connectivity index (χ4n) is 1.81. The van der Waals surface area contributed by atoms with Crippen LogP contribution in [0.3, 0.4) is 0 Å². The summed E-state index contributed by atoms with van der Waals surface area (Å²) in [4.78, 5) is 5.56. The van der Waals surface area contributed by atoms with E-state index in [0.29, 0.717) is 6.04 Å². The fraction of sp³-hybridized carbons (Fsp3) is 0.429. The van der Waals surface area contributed by atoms with Crippen molar-refractivity contribution in [1.29, 1.82) is 0 Å². The zero-order chi connectivity index (χ0) is 14.5. The van der Waals surface area contributed by atoms with Crippen molar-refractivity contribution in [3.05, 3.63) is 34.1 Å². The highest BCUT2D eigenvalue weighted by atomic mass is 79.9. The third-order valence-electron chi connectivity index (χ3n) is 2.85. The standard InChI is InChI=1S/C14H18BrN3S2/c1-4-7-16-9(2)12-6-5-11(8-13(12)15)19-14-17-10(3)18-20-14/h5-6,8-9,16H,4,7H2,1-3H3. The molecule has 1 unspecified atom stereocenters. The van der Waals surface area contributed by atoms with Gasteiger partial charge in [0.15, 0.2) is 4.34 Å². The van der Waals surface area contributed by atoms with Gasteiger partial charge in [0.05, 0.1) is 0 Å². The van der Waals surface area contributed by atoms with Crippen LogP contribution in [0.5, 0.6) is 0 Å². The van der Waals surface area contributed by atoms with Crippen molar-refractivity contribution < 1.29 is 0 Å². The van der Waals surface area contributed by atoms with Crippen LogP contribution >= 0.6 is 39.2 Å². The number of aryl methyl sites for hydroxylation is 1. The first-order valence-electron chi connectivity index (χ1n) is 6.61. The normalized spacial score (nSPS) is 12.6. The molecule has 0 spiro atoms. The van der Waals surface area contributed by atoms with Crippen molar-refractivity contribution in [1.82, 2.24) is 14.7 Å². The quantitative estimate of drug-likeness (QED) is 0.789. The molecule has 0 saturated heterocycles. The largest absolute Gasteiger partial charge is 0.310 e. The molecule has 2 aromatic rings. The van der Waals surface area contributed by atoms with Crippen molar-refractivity contribution in [2.45, 2.75) is 42.5 Å². The van der Waals surface area contributed by atoms with E-state index in [-0.39, 0.29) is 0 Å². The van der Waals surface area contributed by atoms with Gasteiger partial charge in [0.1, 0.15) is 5.82 Å². The summed E-state index contributed by atoms with van der Waals surface area (Å²) in [6, 6.07) is 6.83. The Morgan fingerprint density at radius 1 is 1.45 bits per heavy atom. The molecule has 108 valence electrons. The lowest BCUT2D eigenvalue weighted by Crippen LogP contribution is -2.19. The van der Waals surface area contributed by atoms with Gasteiger partial charge in [-0.1, -0.05) is 40.7 Å². The van der Waals surface area contributed by atoms with Crippen LogP contribution in [0.2, 0.25) is 0 Å². The van der Waals surface area contributed by atoms with E-state index in [2.05, 4.69) is 62.7 Å². The number of halogens is 1. The third kappa shape index (κ3) is 4.28. The molecule has 1 N–H and O–H groups in total. The molecule has 0 bridgehead atoms. The molecule has 6 heteroatoms. The van der Waals surface area contributed by atoms with Gasteiger partial charge in [-0.3, -0.25) is 0 Å². The lowest BCUT2D eigenvalue weighted by molar-refractivity contribution is 0.568. The molecule has 3 nitrogen and oxygen atoms in total. The molecule has 0 saturated carbocycles. The molecule has 1 aromatic carbocycles. The minimum Gasteiger partial charge on any atom is -0.310 e. The Hall–Kier alpha value is -0.430. The molecule has 0 amide bonds. The highest BCUT2D eigenvalue weighted by molar-refractivity contribution is 9.10. The van der Waals surface area contributed by atoms with Gasteiger partial charge < -0.3 is 5.32 Å². The Kier molecular flexibility index (Phi) is 6.01. The summed E-state index contributed by atoms with van der Waals surface area (Å²) in [6.45, 7) is 7.32. The summed E-state index contributed by atoms with van der Waals surface area (Å²) in [5, 5.41) is 3.50. The van der Waals surface area contributed by atoms with Crippen LogP contribution in [-0.4, -0.2) is 15.9 Å². The smallest absolute Gasteiger partial charge is 0.174 e. The van der Waals surface area contributed by atoms with E-state index in [9.17, 15) is 0 Å². The molecule has 0 aliphatic heterocycles. The van der Waals surface area contributed by atoms with Gasteiger partial charge in [0, 0.05) is 15.4 Å². The summed E-state index contributed by atoms with van der Waals surface area (Å²) in [5.41, 5.74) is 1.29. The van der Waals surface area contributed by atoms with Crippen molar-refractivity contribution in [3.8, 4) is 0 Å². The second-order valence-electron chi connectivity index (χ2n) is 4.57. The van der Waals surface area contributed by atoms with E-state index in [4.69, 9.17) is 0 Å². The molecule has 1 aromatic heterocycles. The number of hydrogen-bond donors (Lipinski definition) is 1. The maximum atomic E-state index is 4.38. The first kappa shape index (κ1) is 15.9. The highest BCUT2D eigenvalue weighted by Gasteiger charge is 2.10. The van der Waals surface area contributed by atoms with Gasteiger partial charge in [-0.2, -0.15) is 4.37 Å². The minimum atomic E-state index is 0.354. The van der Waals surface area contributed by atoms with E-state index in [1.54, 1.807) is 11.8 Å². The molecule has 2 rings (SSSR count). The number of nitrogens with one attached hydrogen (secondary N) is 1. The Balaban J connectivity index is 2.09. The van der Waals surface area contributed by atoms with Gasteiger partial charge in [-0.15, -0.1) is 0 Å². The molecule has 0 radical (unpaired) electrons. The van der Waals surface area contributed by atoms with Gasteiger partial charge >= 0.3 is 0 Å². The number of nitrogens with zero attached hydrogens (tertiary/aromatic N) is 2. The average Bonchev–Trinajstić information content (AvgIpc) is 2.81. The van der Waals surface area contributed by atoms with Crippen molar-refractivity contribution in [2.75, 3.05) is 6.54 Å². The molecule has 20 heavy (non-hydrogen) atoms. The van der Waals surface area contributed by atoms with Crippen LogP contribution in [0.1, 0.15) is 37.7 Å². The van der Waals surface area contributed by atoms with Crippen LogP contribution in [0.25, 0.3) is 0 Å². The van der Waals surface area contributed by atoms with Crippen LogP contribution in [0.15, 0.2) is 31.9 Å². The molecular weight excluding hydrogens is 354 g/mol. The lowest BCUT2D eigenvalue weighted by atomic mass is 10.1. The van der Waals surface area contributed by atoms with E-state index in [0.717, 1.165) is 27.6 Å². The Bertz CT molecular complexity index is 571. The number of rotatable bonds is 6. The molecule has 1 heterocycles. The SMILES string of the molecule is CCCNC(C)c1ccc(Sc2nc(C)ns2)cc1Br. The molecule has 1 atom stereocenters. The van der Waals surface area contributed by atoms with Crippen LogP contribution < -0.4 is 5.32 Å². The van der Waals surface area contributed by atoms with E-state index < -0.39 is 0 Å². The lowest BCUT2D eigenvalue weighted by Gasteiger charge is -2.16. The Labute approximate surface area is 136 Å². The molecule has 0 fully saturated rings. The van der Waals surface area contributed by atoms with E-state index in [1.807, 2.05) is 6.92 Å². The molecule has 0 aliphatic carbocycles. The van der Waals surface area contributed by atoms with Gasteiger partial charge in [0.25, 0.3) is 0 Å². The topological polar surface area (TPSA) is 37.8 Å². The maximum absolute atomic E-state index is 4.38. The number of aromatic nitrogens is 2. The Morgan fingerprint density at radius 2 is 2.25 bits per heavy atom. The van der Waals surface area contributed by atoms with Crippen molar-refractivity contribution in [2.24, 2.45) is 0 Å². The summed E-state index contributed by atoms with van der Waals surface area (Å²) in [6.07, 6.45) is 1.15. The zero-order valence-corrected chi connectivity index (χ0v) is 15.0. The number of benzene rings is 1. The second kappa shape index (κ2) is 7.54. The minimum absolute atomic E-state index is 0.354. The van der Waals surface area contributed by atoms with E-state index in [1.165, 1.54) is 22.0 Å². The maximum Gasteiger partial charge on any atom is 0.174 e. The molecular formula is C14H18BrN3S2. The number of hydrogen-bond acceptors (Lipinski definition) is 5. The Morgan fingerprint density at radius 3 is 2.85 bits per heavy atom. The van der Waals surface area contributed by atoms with Gasteiger partial charge in [0.2, 0.25) is 0 Å². The first-order valence-corrected chi connectivity index (χ1v) is 8.99. The van der Waals surface area contributed by atoms with Crippen LogP contribution in [-0.2, 0) is 0 Å². The summed E-state index contributed by atoms with van der Waals surface area (Å²) in [5.74, 6) is 0.838. The first-order chi connectivity index (χ1) is 9.60. The second-order valence-corrected chi connectivity index (χ2v) is 7.50. The summed E-state index contributed by atoms with van der Waals surface area (Å²) >= 11 is 6.77. The molecule has 0 aliphatic rings. The van der Waals surface area contributed by atoms with Crippen LogP contribution in [0.4, 0.5) is 0 Å². The average molecular weight is 372 g/mol. The zero-order valence-electron chi connectivity index (χ0n) is 11.8. The third-order valence-corrected chi connectivity index (χ3v) is 5.37.